The standard InChI is InChI=1S/C13H10Cl2N4O2/c14-8-2-1-3-9(15)11(8)18-13(20)10-5-4-7(6-17-10)12(16)19-21/h1-6,21H,(H2,16,19)(H,18,20). The van der Waals surface area contributed by atoms with E-state index in [1.807, 2.05) is 0 Å². The summed E-state index contributed by atoms with van der Waals surface area (Å²) >= 11 is 11.9. The summed E-state index contributed by atoms with van der Waals surface area (Å²) in [5.74, 6) is -0.570. The van der Waals surface area contributed by atoms with Gasteiger partial charge in [-0.1, -0.05) is 34.4 Å². The van der Waals surface area contributed by atoms with Crippen LogP contribution in [0.1, 0.15) is 16.1 Å². The maximum Gasteiger partial charge on any atom is 0.274 e. The molecule has 108 valence electrons. The average molecular weight is 325 g/mol. The van der Waals surface area contributed by atoms with E-state index in [-0.39, 0.29) is 11.5 Å². The molecule has 0 fully saturated rings. The fourth-order valence-electron chi connectivity index (χ4n) is 1.53. The van der Waals surface area contributed by atoms with Gasteiger partial charge in [-0.05, 0) is 24.3 Å². The largest absolute Gasteiger partial charge is 0.409 e. The number of anilines is 1. The number of nitrogens with zero attached hydrogens (tertiary/aromatic N) is 2. The first-order valence-corrected chi connectivity index (χ1v) is 6.48. The second kappa shape index (κ2) is 6.43. The van der Waals surface area contributed by atoms with Gasteiger partial charge < -0.3 is 16.3 Å². The molecule has 6 nitrogen and oxygen atoms in total. The quantitative estimate of drug-likeness (QED) is 0.349. The summed E-state index contributed by atoms with van der Waals surface area (Å²) in [6, 6.07) is 7.83. The second-order valence-corrected chi connectivity index (χ2v) is 4.78. The van der Waals surface area contributed by atoms with Crippen molar-refractivity contribution in [2.45, 2.75) is 0 Å². The molecule has 0 aliphatic heterocycles. The average Bonchev–Trinajstić information content (AvgIpc) is 2.50. The SMILES string of the molecule is NC(=NO)c1ccc(C(=O)Nc2c(Cl)cccc2Cl)nc1. The molecular formula is C13H10Cl2N4O2. The third kappa shape index (κ3) is 3.42. The number of nitrogens with one attached hydrogen (secondary N) is 1. The molecule has 1 aromatic heterocycles. The van der Waals surface area contributed by atoms with Gasteiger partial charge in [0, 0.05) is 11.8 Å². The number of hydrogen-bond acceptors (Lipinski definition) is 4. The highest BCUT2D eigenvalue weighted by molar-refractivity contribution is 6.40. The number of pyridine rings is 1. The summed E-state index contributed by atoms with van der Waals surface area (Å²) in [7, 11) is 0. The molecule has 4 N–H and O–H groups in total. The Morgan fingerprint density at radius 2 is 1.90 bits per heavy atom. The molecule has 8 heteroatoms. The second-order valence-electron chi connectivity index (χ2n) is 3.97. The van der Waals surface area contributed by atoms with Crippen molar-refractivity contribution >= 4 is 40.6 Å². The zero-order chi connectivity index (χ0) is 15.4. The molecule has 2 rings (SSSR count). The van der Waals surface area contributed by atoms with E-state index < -0.39 is 5.91 Å². The highest BCUT2D eigenvalue weighted by atomic mass is 35.5. The van der Waals surface area contributed by atoms with Gasteiger partial charge in [0.25, 0.3) is 5.91 Å². The van der Waals surface area contributed by atoms with E-state index in [2.05, 4.69) is 15.5 Å². The normalized spacial score (nSPS) is 11.2. The van der Waals surface area contributed by atoms with Gasteiger partial charge in [0.2, 0.25) is 0 Å². The monoisotopic (exact) mass is 324 g/mol. The lowest BCUT2D eigenvalue weighted by molar-refractivity contribution is 0.102. The van der Waals surface area contributed by atoms with Crippen LogP contribution in [0, 0.1) is 0 Å². The van der Waals surface area contributed by atoms with Gasteiger partial charge in [-0.3, -0.25) is 9.78 Å². The fourth-order valence-corrected chi connectivity index (χ4v) is 2.02. The molecule has 0 aliphatic carbocycles. The van der Waals surface area contributed by atoms with Gasteiger partial charge in [0.15, 0.2) is 5.84 Å². The van der Waals surface area contributed by atoms with Crippen LogP contribution in [-0.2, 0) is 0 Å². The van der Waals surface area contributed by atoms with Crippen molar-refractivity contribution in [3.8, 4) is 0 Å². The minimum absolute atomic E-state index is 0.0939. The Labute approximate surface area is 130 Å². The van der Waals surface area contributed by atoms with Crippen LogP contribution in [0.3, 0.4) is 0 Å². The predicted molar refractivity (Wildman–Crippen MR) is 81.2 cm³/mol. The topological polar surface area (TPSA) is 101 Å². The molecule has 0 radical (unpaired) electrons. The predicted octanol–water partition coefficient (Wildman–Crippen LogP) is 2.74. The first kappa shape index (κ1) is 15.1. The van der Waals surface area contributed by atoms with Gasteiger partial charge in [-0.25, -0.2) is 0 Å². The third-order valence-electron chi connectivity index (χ3n) is 2.60. The highest BCUT2D eigenvalue weighted by Crippen LogP contribution is 2.30. The Morgan fingerprint density at radius 1 is 1.24 bits per heavy atom. The number of rotatable bonds is 3. The van der Waals surface area contributed by atoms with Crippen LogP contribution in [-0.4, -0.2) is 21.9 Å². The molecule has 1 aromatic carbocycles. The fraction of sp³-hybridized carbons (Fsp3) is 0. The van der Waals surface area contributed by atoms with E-state index in [0.717, 1.165) is 0 Å². The molecule has 1 amide bonds. The molecule has 2 aromatic rings. The van der Waals surface area contributed by atoms with Crippen LogP contribution in [0.5, 0.6) is 0 Å². The van der Waals surface area contributed by atoms with Gasteiger partial charge in [0.1, 0.15) is 5.69 Å². The van der Waals surface area contributed by atoms with Crippen molar-refractivity contribution in [2.24, 2.45) is 10.9 Å². The van der Waals surface area contributed by atoms with Crippen LogP contribution in [0.4, 0.5) is 5.69 Å². The molecule has 0 aliphatic rings. The molecule has 0 saturated carbocycles. The van der Waals surface area contributed by atoms with E-state index in [9.17, 15) is 4.79 Å². The minimum Gasteiger partial charge on any atom is -0.409 e. The van der Waals surface area contributed by atoms with Crippen molar-refractivity contribution in [3.63, 3.8) is 0 Å². The van der Waals surface area contributed by atoms with Gasteiger partial charge >= 0.3 is 0 Å². The summed E-state index contributed by atoms with van der Waals surface area (Å²) in [5, 5.41) is 14.6. The maximum atomic E-state index is 12.1. The number of oxime groups is 1. The van der Waals surface area contributed by atoms with E-state index in [4.69, 9.17) is 34.1 Å². The minimum atomic E-state index is -0.476. The highest BCUT2D eigenvalue weighted by Gasteiger charge is 2.12. The smallest absolute Gasteiger partial charge is 0.274 e. The van der Waals surface area contributed by atoms with Gasteiger partial charge in [0.05, 0.1) is 15.7 Å². The molecule has 1 heterocycles. The summed E-state index contributed by atoms with van der Waals surface area (Å²) in [6.07, 6.45) is 1.32. The van der Waals surface area contributed by atoms with Crippen LogP contribution in [0.25, 0.3) is 0 Å². The number of carbonyl (C=O) groups excluding carboxylic acids is 1. The lowest BCUT2D eigenvalue weighted by Crippen LogP contribution is -2.17. The van der Waals surface area contributed by atoms with E-state index in [1.165, 1.54) is 18.3 Å². The molecule has 0 spiro atoms. The van der Waals surface area contributed by atoms with E-state index in [1.54, 1.807) is 18.2 Å². The van der Waals surface area contributed by atoms with Crippen LogP contribution in [0.2, 0.25) is 10.0 Å². The summed E-state index contributed by atoms with van der Waals surface area (Å²) in [4.78, 5) is 16.0. The lowest BCUT2D eigenvalue weighted by Gasteiger charge is -2.08. The van der Waals surface area contributed by atoms with Crippen molar-refractivity contribution in [1.82, 2.24) is 4.98 Å². The Balaban J connectivity index is 2.21. The van der Waals surface area contributed by atoms with Crippen LogP contribution in [0.15, 0.2) is 41.7 Å². The van der Waals surface area contributed by atoms with Gasteiger partial charge in [-0.2, -0.15) is 0 Å². The number of hydrogen-bond donors (Lipinski definition) is 3. The van der Waals surface area contributed by atoms with Crippen LogP contribution < -0.4 is 11.1 Å². The Bertz CT molecular complexity index is 682. The number of amidine groups is 1. The van der Waals surface area contributed by atoms with Crippen molar-refractivity contribution in [1.29, 1.82) is 0 Å². The number of nitrogens with two attached hydrogens (primary N) is 1. The number of para-hydroxylation sites is 1. The first-order chi connectivity index (χ1) is 10.0. The molecule has 0 bridgehead atoms. The van der Waals surface area contributed by atoms with E-state index in [0.29, 0.717) is 21.3 Å². The lowest BCUT2D eigenvalue weighted by atomic mass is 10.2. The molecular weight excluding hydrogens is 315 g/mol. The number of carbonyl (C=O) groups is 1. The van der Waals surface area contributed by atoms with E-state index >= 15 is 0 Å². The summed E-state index contributed by atoms with van der Waals surface area (Å²) < 4.78 is 0. The zero-order valence-electron chi connectivity index (χ0n) is 10.5. The molecule has 0 atom stereocenters. The number of halogens is 2. The van der Waals surface area contributed by atoms with Crippen molar-refractivity contribution < 1.29 is 10.0 Å². The molecule has 21 heavy (non-hydrogen) atoms. The summed E-state index contributed by atoms with van der Waals surface area (Å²) in [5.41, 5.74) is 6.25. The number of aromatic nitrogens is 1. The summed E-state index contributed by atoms with van der Waals surface area (Å²) in [6.45, 7) is 0. The van der Waals surface area contributed by atoms with Gasteiger partial charge in [-0.15, -0.1) is 0 Å². The zero-order valence-corrected chi connectivity index (χ0v) is 12.1. The number of benzene rings is 1. The molecule has 0 unspecified atom stereocenters. The Kier molecular flexibility index (Phi) is 4.62. The Hall–Kier alpha value is -2.31. The Morgan fingerprint density at radius 3 is 2.43 bits per heavy atom. The maximum absolute atomic E-state index is 12.1. The van der Waals surface area contributed by atoms with Crippen LogP contribution >= 0.6 is 23.2 Å². The molecule has 0 saturated heterocycles. The van der Waals surface area contributed by atoms with Crippen molar-refractivity contribution in [2.75, 3.05) is 5.32 Å². The number of amides is 1. The first-order valence-electron chi connectivity index (χ1n) is 5.72. The van der Waals surface area contributed by atoms with Crippen molar-refractivity contribution in [3.05, 3.63) is 57.8 Å². The third-order valence-corrected chi connectivity index (χ3v) is 3.23.